The molecule has 0 radical (unpaired) electrons. The molecule has 0 aliphatic heterocycles. The average Bonchev–Trinajstić information content (AvgIpc) is 2.91. The first kappa shape index (κ1) is 11.7. The highest BCUT2D eigenvalue weighted by Crippen LogP contribution is 2.30. The van der Waals surface area contributed by atoms with Crippen molar-refractivity contribution in [2.45, 2.75) is 56.5 Å². The van der Waals surface area contributed by atoms with E-state index in [1.165, 1.54) is 36.8 Å². The zero-order chi connectivity index (χ0) is 12.4. The van der Waals surface area contributed by atoms with Crippen LogP contribution >= 0.6 is 0 Å². The highest BCUT2D eigenvalue weighted by Gasteiger charge is 2.36. The van der Waals surface area contributed by atoms with E-state index in [9.17, 15) is 5.26 Å². The molecule has 1 atom stereocenters. The summed E-state index contributed by atoms with van der Waals surface area (Å²) >= 11 is 0. The van der Waals surface area contributed by atoms with Crippen molar-refractivity contribution in [3.8, 4) is 6.07 Å². The van der Waals surface area contributed by atoms with Crippen LogP contribution in [0, 0.1) is 11.3 Å². The third kappa shape index (κ3) is 2.15. The zero-order valence-electron chi connectivity index (χ0n) is 10.8. The Morgan fingerprint density at radius 2 is 1.89 bits per heavy atom. The van der Waals surface area contributed by atoms with Crippen LogP contribution in [0.5, 0.6) is 0 Å². The second-order valence-electron chi connectivity index (χ2n) is 5.77. The second kappa shape index (κ2) is 4.74. The number of aryl methyl sites for hydroxylation is 1. The molecule has 3 rings (SSSR count). The summed E-state index contributed by atoms with van der Waals surface area (Å²) < 4.78 is 0. The first-order chi connectivity index (χ1) is 8.81. The van der Waals surface area contributed by atoms with Gasteiger partial charge in [-0.25, -0.2) is 0 Å². The van der Waals surface area contributed by atoms with Gasteiger partial charge in [-0.2, -0.15) is 5.26 Å². The number of fused-ring (bicyclic) bond motifs is 1. The summed E-state index contributed by atoms with van der Waals surface area (Å²) in [7, 11) is 0. The predicted octanol–water partition coefficient (Wildman–Crippen LogP) is 2.97. The maximum absolute atomic E-state index is 9.61. The van der Waals surface area contributed by atoms with E-state index < -0.39 is 0 Å². The molecule has 0 aromatic heterocycles. The van der Waals surface area contributed by atoms with Gasteiger partial charge in [-0.05, 0) is 36.8 Å². The Kier molecular flexibility index (Phi) is 3.09. The summed E-state index contributed by atoms with van der Waals surface area (Å²) in [6, 6.07) is 11.7. The van der Waals surface area contributed by atoms with E-state index >= 15 is 0 Å². The topological polar surface area (TPSA) is 35.8 Å². The lowest BCUT2D eigenvalue weighted by Crippen LogP contribution is -2.52. The molecular weight excluding hydrogens is 220 g/mol. The molecule has 0 amide bonds. The molecule has 0 bridgehead atoms. The zero-order valence-corrected chi connectivity index (χ0v) is 10.8. The van der Waals surface area contributed by atoms with E-state index in [0.717, 1.165) is 19.3 Å². The molecule has 0 heterocycles. The minimum absolute atomic E-state index is 0.316. The van der Waals surface area contributed by atoms with Gasteiger partial charge in [-0.15, -0.1) is 0 Å². The molecule has 0 spiro atoms. The van der Waals surface area contributed by atoms with Crippen LogP contribution in [0.15, 0.2) is 24.3 Å². The monoisotopic (exact) mass is 240 g/mol. The van der Waals surface area contributed by atoms with Gasteiger partial charge in [0.05, 0.1) is 6.07 Å². The van der Waals surface area contributed by atoms with Gasteiger partial charge in [-0.1, -0.05) is 37.1 Å². The molecule has 1 aromatic carbocycles. The molecule has 18 heavy (non-hydrogen) atoms. The molecule has 2 heteroatoms. The SMILES string of the molecule is N#CC1(NC2CCCC2)CCc2ccccc2C1. The number of hydrogen-bond acceptors (Lipinski definition) is 2. The second-order valence-corrected chi connectivity index (χ2v) is 5.77. The van der Waals surface area contributed by atoms with Crippen LogP contribution in [0.25, 0.3) is 0 Å². The Balaban J connectivity index is 1.80. The van der Waals surface area contributed by atoms with Crippen molar-refractivity contribution in [2.24, 2.45) is 0 Å². The Bertz CT molecular complexity index is 468. The van der Waals surface area contributed by atoms with E-state index in [-0.39, 0.29) is 5.54 Å². The number of nitrogens with one attached hydrogen (secondary N) is 1. The van der Waals surface area contributed by atoms with Crippen LogP contribution in [0.1, 0.15) is 43.2 Å². The lowest BCUT2D eigenvalue weighted by Gasteiger charge is -2.35. The van der Waals surface area contributed by atoms with Gasteiger partial charge >= 0.3 is 0 Å². The lowest BCUT2D eigenvalue weighted by atomic mass is 9.78. The van der Waals surface area contributed by atoms with Gasteiger partial charge in [0.25, 0.3) is 0 Å². The summed E-state index contributed by atoms with van der Waals surface area (Å²) in [6.07, 6.45) is 7.97. The van der Waals surface area contributed by atoms with Crippen molar-refractivity contribution >= 4 is 0 Å². The molecular formula is C16H20N2. The normalized spacial score (nSPS) is 27.7. The predicted molar refractivity (Wildman–Crippen MR) is 72.2 cm³/mol. The van der Waals surface area contributed by atoms with Crippen molar-refractivity contribution in [1.82, 2.24) is 5.32 Å². The van der Waals surface area contributed by atoms with Crippen LogP contribution in [-0.2, 0) is 12.8 Å². The third-order valence-electron chi connectivity index (χ3n) is 4.48. The van der Waals surface area contributed by atoms with E-state index in [4.69, 9.17) is 0 Å². The van der Waals surface area contributed by atoms with Crippen LogP contribution in [0.4, 0.5) is 0 Å². The molecule has 1 unspecified atom stereocenters. The number of nitriles is 1. The molecule has 1 N–H and O–H groups in total. The quantitative estimate of drug-likeness (QED) is 0.862. The lowest BCUT2D eigenvalue weighted by molar-refractivity contribution is 0.320. The highest BCUT2D eigenvalue weighted by atomic mass is 15.0. The standard InChI is InChI=1S/C16H20N2/c17-12-16(18-15-7-3-4-8-15)10-9-13-5-1-2-6-14(13)11-16/h1-2,5-6,15,18H,3-4,7-11H2. The smallest absolute Gasteiger partial charge is 0.111 e. The molecule has 2 aliphatic carbocycles. The maximum Gasteiger partial charge on any atom is 0.111 e. The first-order valence-corrected chi connectivity index (χ1v) is 7.07. The van der Waals surface area contributed by atoms with E-state index in [2.05, 4.69) is 35.7 Å². The first-order valence-electron chi connectivity index (χ1n) is 7.07. The van der Waals surface area contributed by atoms with Gasteiger partial charge in [-0.3, -0.25) is 5.32 Å². The summed E-state index contributed by atoms with van der Waals surface area (Å²) in [5, 5.41) is 13.3. The minimum Gasteiger partial charge on any atom is -0.296 e. The van der Waals surface area contributed by atoms with Crippen molar-refractivity contribution in [1.29, 1.82) is 5.26 Å². The van der Waals surface area contributed by atoms with Crippen LogP contribution in [0.2, 0.25) is 0 Å². The molecule has 0 saturated heterocycles. The summed E-state index contributed by atoms with van der Waals surface area (Å²) in [5.74, 6) is 0. The van der Waals surface area contributed by atoms with Crippen molar-refractivity contribution in [2.75, 3.05) is 0 Å². The highest BCUT2D eigenvalue weighted by molar-refractivity contribution is 5.35. The Labute approximate surface area is 109 Å². The third-order valence-corrected chi connectivity index (χ3v) is 4.48. The average molecular weight is 240 g/mol. The Morgan fingerprint density at radius 1 is 1.17 bits per heavy atom. The van der Waals surface area contributed by atoms with Gasteiger partial charge in [0.1, 0.15) is 5.54 Å². The summed E-state index contributed by atoms with van der Waals surface area (Å²) in [4.78, 5) is 0. The largest absolute Gasteiger partial charge is 0.296 e. The van der Waals surface area contributed by atoms with Gasteiger partial charge in [0, 0.05) is 12.5 Å². The number of nitrogens with zero attached hydrogens (tertiary/aromatic N) is 1. The van der Waals surface area contributed by atoms with Gasteiger partial charge in [0.15, 0.2) is 0 Å². The van der Waals surface area contributed by atoms with Crippen molar-refractivity contribution < 1.29 is 0 Å². The molecule has 1 fully saturated rings. The van der Waals surface area contributed by atoms with Gasteiger partial charge < -0.3 is 0 Å². The van der Waals surface area contributed by atoms with E-state index in [1.54, 1.807) is 0 Å². The molecule has 94 valence electrons. The fourth-order valence-corrected chi connectivity index (χ4v) is 3.45. The number of benzene rings is 1. The fraction of sp³-hybridized carbons (Fsp3) is 0.562. The number of hydrogen-bond donors (Lipinski definition) is 1. The van der Waals surface area contributed by atoms with Crippen LogP contribution in [0.3, 0.4) is 0 Å². The van der Waals surface area contributed by atoms with Crippen LogP contribution < -0.4 is 5.32 Å². The minimum atomic E-state index is -0.316. The van der Waals surface area contributed by atoms with E-state index in [0.29, 0.717) is 6.04 Å². The summed E-state index contributed by atoms with van der Waals surface area (Å²) in [5.41, 5.74) is 2.47. The number of rotatable bonds is 2. The van der Waals surface area contributed by atoms with Crippen molar-refractivity contribution in [3.63, 3.8) is 0 Å². The van der Waals surface area contributed by atoms with E-state index in [1.807, 2.05) is 0 Å². The van der Waals surface area contributed by atoms with Crippen LogP contribution in [-0.4, -0.2) is 11.6 Å². The molecule has 1 saturated carbocycles. The van der Waals surface area contributed by atoms with Gasteiger partial charge in [0.2, 0.25) is 0 Å². The molecule has 2 nitrogen and oxygen atoms in total. The molecule has 2 aliphatic rings. The Hall–Kier alpha value is -1.33. The van der Waals surface area contributed by atoms with Crippen molar-refractivity contribution in [3.05, 3.63) is 35.4 Å². The molecule has 1 aromatic rings. The maximum atomic E-state index is 9.61. The Morgan fingerprint density at radius 3 is 2.61 bits per heavy atom. The fourth-order valence-electron chi connectivity index (χ4n) is 3.45. The summed E-state index contributed by atoms with van der Waals surface area (Å²) in [6.45, 7) is 0.